The number of methoxy groups -OCH3 is 1. The van der Waals surface area contributed by atoms with E-state index in [0.29, 0.717) is 0 Å². The van der Waals surface area contributed by atoms with Crippen molar-refractivity contribution in [1.82, 2.24) is 9.97 Å². The summed E-state index contributed by atoms with van der Waals surface area (Å²) in [5, 5.41) is 0. The van der Waals surface area contributed by atoms with E-state index in [1.807, 2.05) is 18.2 Å². The molecule has 0 saturated carbocycles. The maximum absolute atomic E-state index is 5.41. The van der Waals surface area contributed by atoms with Crippen LogP contribution in [0.4, 0.5) is 5.69 Å². The first-order valence-electron chi connectivity index (χ1n) is 7.84. The predicted molar refractivity (Wildman–Crippen MR) is 89.7 cm³/mol. The molecular weight excluding hydrogens is 274 g/mol. The molecule has 3 aromatic rings. The fourth-order valence-corrected chi connectivity index (χ4v) is 3.17. The maximum atomic E-state index is 5.41. The van der Waals surface area contributed by atoms with Gasteiger partial charge in [-0.15, -0.1) is 0 Å². The monoisotopic (exact) mass is 293 g/mol. The van der Waals surface area contributed by atoms with E-state index >= 15 is 0 Å². The Morgan fingerprint density at radius 3 is 2.59 bits per heavy atom. The summed E-state index contributed by atoms with van der Waals surface area (Å²) in [5.41, 5.74) is 4.81. The van der Waals surface area contributed by atoms with Gasteiger partial charge in [0, 0.05) is 18.8 Å². The van der Waals surface area contributed by atoms with Crippen molar-refractivity contribution in [2.75, 3.05) is 25.1 Å². The molecule has 0 atom stereocenters. The smallest absolute Gasteiger partial charge is 0.146 e. The third-order valence-corrected chi connectivity index (χ3v) is 4.35. The third kappa shape index (κ3) is 2.25. The number of para-hydroxylation sites is 1. The Hall–Kier alpha value is -2.36. The minimum Gasteiger partial charge on any atom is -0.494 e. The van der Waals surface area contributed by atoms with Gasteiger partial charge in [-0.3, -0.25) is 0 Å². The van der Waals surface area contributed by atoms with Crippen molar-refractivity contribution >= 4 is 27.8 Å². The molecule has 22 heavy (non-hydrogen) atoms. The SMILES string of the molecule is COc1cccc2nc3ccc(N4CCCCC4)cc3nc12. The number of hydrogen-bond donors (Lipinski definition) is 0. The number of anilines is 1. The lowest BCUT2D eigenvalue weighted by Gasteiger charge is -2.28. The van der Waals surface area contributed by atoms with Crippen LogP contribution in [0.3, 0.4) is 0 Å². The molecule has 1 aliphatic heterocycles. The standard InChI is InChI=1S/C18H19N3O/c1-22-17-7-5-6-15-18(17)20-16-12-13(8-9-14(16)19-15)21-10-3-2-4-11-21/h5-9,12H,2-4,10-11H2,1H3. The van der Waals surface area contributed by atoms with Gasteiger partial charge in [0.05, 0.1) is 23.7 Å². The highest BCUT2D eigenvalue weighted by molar-refractivity contribution is 5.90. The van der Waals surface area contributed by atoms with Crippen LogP contribution in [-0.4, -0.2) is 30.2 Å². The number of piperidine rings is 1. The molecule has 1 saturated heterocycles. The van der Waals surface area contributed by atoms with Crippen molar-refractivity contribution in [1.29, 1.82) is 0 Å². The zero-order valence-electron chi connectivity index (χ0n) is 12.7. The largest absolute Gasteiger partial charge is 0.494 e. The van der Waals surface area contributed by atoms with Crippen molar-refractivity contribution in [3.63, 3.8) is 0 Å². The highest BCUT2D eigenvalue weighted by atomic mass is 16.5. The molecule has 4 rings (SSSR count). The molecule has 0 N–H and O–H groups in total. The minimum atomic E-state index is 0.773. The minimum absolute atomic E-state index is 0.773. The lowest BCUT2D eigenvalue weighted by atomic mass is 10.1. The summed E-state index contributed by atoms with van der Waals surface area (Å²) in [7, 11) is 1.67. The van der Waals surface area contributed by atoms with Crippen molar-refractivity contribution in [3.05, 3.63) is 36.4 Å². The second-order valence-corrected chi connectivity index (χ2v) is 5.77. The number of rotatable bonds is 2. The van der Waals surface area contributed by atoms with Gasteiger partial charge in [0.2, 0.25) is 0 Å². The van der Waals surface area contributed by atoms with Gasteiger partial charge < -0.3 is 9.64 Å². The fraction of sp³-hybridized carbons (Fsp3) is 0.333. The first-order valence-corrected chi connectivity index (χ1v) is 7.84. The summed E-state index contributed by atoms with van der Waals surface area (Å²) in [6.07, 6.45) is 3.89. The maximum Gasteiger partial charge on any atom is 0.146 e. The molecule has 1 aromatic heterocycles. The molecule has 0 radical (unpaired) electrons. The second-order valence-electron chi connectivity index (χ2n) is 5.77. The van der Waals surface area contributed by atoms with Gasteiger partial charge in [0.1, 0.15) is 11.3 Å². The number of fused-ring (bicyclic) bond motifs is 2. The second kappa shape index (κ2) is 5.44. The number of hydrogen-bond acceptors (Lipinski definition) is 4. The predicted octanol–water partition coefficient (Wildman–Crippen LogP) is 3.78. The van der Waals surface area contributed by atoms with E-state index in [2.05, 4.69) is 23.1 Å². The molecule has 0 unspecified atom stereocenters. The quantitative estimate of drug-likeness (QED) is 0.674. The van der Waals surface area contributed by atoms with Crippen LogP contribution < -0.4 is 9.64 Å². The molecule has 112 valence electrons. The van der Waals surface area contributed by atoms with Gasteiger partial charge in [-0.2, -0.15) is 0 Å². The van der Waals surface area contributed by atoms with Gasteiger partial charge in [-0.05, 0) is 49.6 Å². The van der Waals surface area contributed by atoms with E-state index in [4.69, 9.17) is 14.7 Å². The van der Waals surface area contributed by atoms with E-state index in [9.17, 15) is 0 Å². The van der Waals surface area contributed by atoms with Crippen molar-refractivity contribution in [2.45, 2.75) is 19.3 Å². The topological polar surface area (TPSA) is 38.2 Å². The van der Waals surface area contributed by atoms with Gasteiger partial charge >= 0.3 is 0 Å². The van der Waals surface area contributed by atoms with Crippen LogP contribution in [0.25, 0.3) is 22.1 Å². The highest BCUT2D eigenvalue weighted by Crippen LogP contribution is 2.27. The van der Waals surface area contributed by atoms with Crippen LogP contribution in [-0.2, 0) is 0 Å². The lowest BCUT2D eigenvalue weighted by Crippen LogP contribution is -2.29. The van der Waals surface area contributed by atoms with Gasteiger partial charge in [-0.25, -0.2) is 9.97 Å². The summed E-state index contributed by atoms with van der Waals surface area (Å²) >= 11 is 0. The lowest BCUT2D eigenvalue weighted by molar-refractivity contribution is 0.419. The van der Waals surface area contributed by atoms with Crippen molar-refractivity contribution in [3.8, 4) is 5.75 Å². The highest BCUT2D eigenvalue weighted by Gasteiger charge is 2.13. The van der Waals surface area contributed by atoms with Gasteiger partial charge in [0.25, 0.3) is 0 Å². The zero-order valence-corrected chi connectivity index (χ0v) is 12.7. The molecule has 4 heteroatoms. The molecule has 0 aliphatic carbocycles. The van der Waals surface area contributed by atoms with Crippen LogP contribution in [0.2, 0.25) is 0 Å². The first kappa shape index (κ1) is 13.3. The average Bonchev–Trinajstić information content (AvgIpc) is 2.59. The Balaban J connectivity index is 1.85. The van der Waals surface area contributed by atoms with Gasteiger partial charge in [0.15, 0.2) is 0 Å². The summed E-state index contributed by atoms with van der Waals surface area (Å²) in [6, 6.07) is 12.2. The van der Waals surface area contributed by atoms with Crippen LogP contribution in [0, 0.1) is 0 Å². The molecule has 0 amide bonds. The summed E-state index contributed by atoms with van der Waals surface area (Å²) in [6.45, 7) is 2.27. The normalized spacial score (nSPS) is 15.4. The first-order chi connectivity index (χ1) is 10.8. The fourth-order valence-electron chi connectivity index (χ4n) is 3.17. The van der Waals surface area contributed by atoms with Crippen molar-refractivity contribution in [2.24, 2.45) is 0 Å². The Kier molecular flexibility index (Phi) is 3.29. The molecular formula is C18H19N3O. The number of ether oxygens (including phenoxy) is 1. The average molecular weight is 293 g/mol. The van der Waals surface area contributed by atoms with E-state index < -0.39 is 0 Å². The van der Waals surface area contributed by atoms with E-state index in [1.165, 1.54) is 24.9 Å². The van der Waals surface area contributed by atoms with E-state index in [0.717, 1.165) is 40.9 Å². The number of aromatic nitrogens is 2. The molecule has 0 bridgehead atoms. The van der Waals surface area contributed by atoms with Crippen LogP contribution in [0.1, 0.15) is 19.3 Å². The zero-order chi connectivity index (χ0) is 14.9. The summed E-state index contributed by atoms with van der Waals surface area (Å²) < 4.78 is 5.41. The number of benzene rings is 2. The third-order valence-electron chi connectivity index (χ3n) is 4.35. The summed E-state index contributed by atoms with van der Waals surface area (Å²) in [5.74, 6) is 0.773. The molecule has 1 aliphatic rings. The molecule has 2 heterocycles. The Labute approximate surface area is 129 Å². The van der Waals surface area contributed by atoms with Crippen molar-refractivity contribution < 1.29 is 4.74 Å². The molecule has 4 nitrogen and oxygen atoms in total. The van der Waals surface area contributed by atoms with Crippen LogP contribution in [0.15, 0.2) is 36.4 Å². The van der Waals surface area contributed by atoms with E-state index in [1.54, 1.807) is 7.11 Å². The van der Waals surface area contributed by atoms with E-state index in [-0.39, 0.29) is 0 Å². The Morgan fingerprint density at radius 1 is 0.909 bits per heavy atom. The van der Waals surface area contributed by atoms with Crippen LogP contribution >= 0.6 is 0 Å². The summed E-state index contributed by atoms with van der Waals surface area (Å²) in [4.78, 5) is 11.9. The van der Waals surface area contributed by atoms with Crippen LogP contribution in [0.5, 0.6) is 5.75 Å². The molecule has 2 aromatic carbocycles. The molecule has 0 spiro atoms. The Bertz CT molecular complexity index is 825. The number of nitrogens with zero attached hydrogens (tertiary/aromatic N) is 3. The Morgan fingerprint density at radius 2 is 1.77 bits per heavy atom. The van der Waals surface area contributed by atoms with Gasteiger partial charge in [-0.1, -0.05) is 6.07 Å². The molecule has 1 fully saturated rings.